The molecule has 4 nitrogen and oxygen atoms in total. The van der Waals surface area contributed by atoms with Gasteiger partial charge in [0, 0.05) is 19.1 Å². The van der Waals surface area contributed by atoms with Gasteiger partial charge < -0.3 is 15.0 Å². The Morgan fingerprint density at radius 1 is 1.35 bits per heavy atom. The molecule has 1 amide bonds. The number of hydrogen-bond donors (Lipinski definition) is 1. The standard InChI is InChI=1S/C16H19F3N2O2/c1-21(13-6-9-5-12(13)20-8-9)15(22)11-4-3-10(16(17,18)19)7-14(11)23-2/h3-4,7,9,12-13,20H,5-6,8H2,1-2H3/t9-,12+,13-/m1/s1. The summed E-state index contributed by atoms with van der Waals surface area (Å²) in [4.78, 5) is 14.3. The molecule has 0 unspecified atom stereocenters. The van der Waals surface area contributed by atoms with Gasteiger partial charge >= 0.3 is 6.18 Å². The van der Waals surface area contributed by atoms with Crippen LogP contribution in [0.25, 0.3) is 0 Å². The van der Waals surface area contributed by atoms with Gasteiger partial charge in [0.15, 0.2) is 0 Å². The zero-order chi connectivity index (χ0) is 16.8. The molecule has 2 aliphatic rings. The van der Waals surface area contributed by atoms with Gasteiger partial charge in [-0.05, 0) is 43.5 Å². The second-order valence-corrected chi connectivity index (χ2v) is 6.25. The van der Waals surface area contributed by atoms with Crippen molar-refractivity contribution in [1.82, 2.24) is 10.2 Å². The predicted molar refractivity (Wildman–Crippen MR) is 78.4 cm³/mol. The van der Waals surface area contributed by atoms with Gasteiger partial charge in [0.25, 0.3) is 5.91 Å². The van der Waals surface area contributed by atoms with Crippen LogP contribution in [0.5, 0.6) is 5.75 Å². The lowest BCUT2D eigenvalue weighted by molar-refractivity contribution is -0.137. The van der Waals surface area contributed by atoms with Crippen LogP contribution >= 0.6 is 0 Å². The highest BCUT2D eigenvalue weighted by Gasteiger charge is 2.43. The Kier molecular flexibility index (Phi) is 4.00. The number of rotatable bonds is 3. The van der Waals surface area contributed by atoms with Gasteiger partial charge in [0.1, 0.15) is 5.75 Å². The van der Waals surface area contributed by atoms with Crippen LogP contribution in [-0.2, 0) is 6.18 Å². The Labute approximate surface area is 132 Å². The molecule has 1 heterocycles. The van der Waals surface area contributed by atoms with Gasteiger partial charge in [-0.2, -0.15) is 13.2 Å². The molecular weight excluding hydrogens is 309 g/mol. The maximum Gasteiger partial charge on any atom is 0.416 e. The summed E-state index contributed by atoms with van der Waals surface area (Å²) in [6.45, 7) is 0.979. The fourth-order valence-electron chi connectivity index (χ4n) is 3.64. The highest BCUT2D eigenvalue weighted by atomic mass is 19.4. The maximum atomic E-state index is 12.8. The number of ether oxygens (including phenoxy) is 1. The summed E-state index contributed by atoms with van der Waals surface area (Å²) in [5, 5.41) is 3.38. The lowest BCUT2D eigenvalue weighted by Gasteiger charge is -2.32. The van der Waals surface area contributed by atoms with Crippen molar-refractivity contribution in [1.29, 1.82) is 0 Å². The van der Waals surface area contributed by atoms with Crippen LogP contribution in [-0.4, -0.2) is 43.6 Å². The molecule has 3 atom stereocenters. The van der Waals surface area contributed by atoms with Gasteiger partial charge in [-0.1, -0.05) is 0 Å². The molecule has 0 radical (unpaired) electrons. The molecule has 126 valence electrons. The smallest absolute Gasteiger partial charge is 0.416 e. The van der Waals surface area contributed by atoms with Crippen molar-refractivity contribution in [3.05, 3.63) is 29.3 Å². The van der Waals surface area contributed by atoms with E-state index >= 15 is 0 Å². The number of hydrogen-bond acceptors (Lipinski definition) is 3. The summed E-state index contributed by atoms with van der Waals surface area (Å²) < 4.78 is 43.4. The number of carbonyl (C=O) groups excluding carboxylic acids is 1. The van der Waals surface area contributed by atoms with Crippen LogP contribution in [0.4, 0.5) is 13.2 Å². The number of piperidine rings is 1. The second kappa shape index (κ2) is 5.70. The molecule has 23 heavy (non-hydrogen) atoms. The minimum absolute atomic E-state index is 0.0483. The Balaban J connectivity index is 1.84. The highest BCUT2D eigenvalue weighted by molar-refractivity contribution is 5.97. The zero-order valence-corrected chi connectivity index (χ0v) is 13.0. The molecule has 2 bridgehead atoms. The molecule has 2 fully saturated rings. The van der Waals surface area contributed by atoms with Crippen LogP contribution in [0.15, 0.2) is 18.2 Å². The Morgan fingerprint density at radius 3 is 2.61 bits per heavy atom. The number of carbonyl (C=O) groups is 1. The normalized spacial score (nSPS) is 26.4. The monoisotopic (exact) mass is 328 g/mol. The molecule has 1 aromatic carbocycles. The fraction of sp³-hybridized carbons (Fsp3) is 0.562. The minimum atomic E-state index is -4.46. The van der Waals surface area contributed by atoms with Gasteiger partial charge in [-0.25, -0.2) is 0 Å². The molecule has 1 saturated heterocycles. The number of halogens is 3. The zero-order valence-electron chi connectivity index (χ0n) is 13.0. The molecule has 1 aliphatic carbocycles. The van der Waals surface area contributed by atoms with E-state index in [4.69, 9.17) is 4.74 Å². The lowest BCUT2D eigenvalue weighted by Crippen LogP contribution is -2.48. The largest absolute Gasteiger partial charge is 0.496 e. The Bertz CT molecular complexity index is 618. The van der Waals surface area contributed by atoms with E-state index in [2.05, 4.69) is 5.32 Å². The molecule has 3 rings (SSSR count). The van der Waals surface area contributed by atoms with Crippen LogP contribution in [0, 0.1) is 5.92 Å². The molecule has 1 N–H and O–H groups in total. The van der Waals surface area contributed by atoms with E-state index in [1.165, 1.54) is 13.2 Å². The van der Waals surface area contributed by atoms with Crippen molar-refractivity contribution >= 4 is 5.91 Å². The number of benzene rings is 1. The van der Waals surface area contributed by atoms with Crippen molar-refractivity contribution in [3.8, 4) is 5.75 Å². The number of alkyl halides is 3. The van der Waals surface area contributed by atoms with E-state index in [0.717, 1.165) is 31.5 Å². The Hall–Kier alpha value is -1.76. The number of methoxy groups -OCH3 is 1. The average molecular weight is 328 g/mol. The van der Waals surface area contributed by atoms with Crippen LogP contribution in [0.1, 0.15) is 28.8 Å². The summed E-state index contributed by atoms with van der Waals surface area (Å²) in [6, 6.07) is 3.34. The molecule has 7 heteroatoms. The van der Waals surface area contributed by atoms with Gasteiger partial charge in [0.2, 0.25) is 0 Å². The average Bonchev–Trinajstić information content (AvgIpc) is 3.15. The molecule has 1 saturated carbocycles. The van der Waals surface area contributed by atoms with E-state index < -0.39 is 11.7 Å². The van der Waals surface area contributed by atoms with E-state index in [0.29, 0.717) is 5.92 Å². The van der Waals surface area contributed by atoms with E-state index in [1.807, 2.05) is 0 Å². The summed E-state index contributed by atoms with van der Waals surface area (Å²) in [5.74, 6) is 0.220. The first-order valence-electron chi connectivity index (χ1n) is 7.57. The summed E-state index contributed by atoms with van der Waals surface area (Å²) in [5.41, 5.74) is -0.666. The Morgan fingerprint density at radius 2 is 2.09 bits per heavy atom. The van der Waals surface area contributed by atoms with Crippen molar-refractivity contribution in [2.75, 3.05) is 20.7 Å². The molecule has 1 aliphatic heterocycles. The van der Waals surface area contributed by atoms with Gasteiger partial charge in [-0.3, -0.25) is 4.79 Å². The summed E-state index contributed by atoms with van der Waals surface area (Å²) >= 11 is 0. The summed E-state index contributed by atoms with van der Waals surface area (Å²) in [6.07, 6.45) is -2.48. The minimum Gasteiger partial charge on any atom is -0.496 e. The van der Waals surface area contributed by atoms with Gasteiger partial charge in [0.05, 0.1) is 18.2 Å². The quantitative estimate of drug-likeness (QED) is 0.927. The first-order valence-corrected chi connectivity index (χ1v) is 7.57. The SMILES string of the molecule is COc1cc(C(F)(F)F)ccc1C(=O)N(C)[C@@H]1C[C@@H]2CN[C@H]1C2. The van der Waals surface area contributed by atoms with Crippen molar-refractivity contribution < 1.29 is 22.7 Å². The third kappa shape index (κ3) is 2.89. The molecular formula is C16H19F3N2O2. The predicted octanol–water partition coefficient (Wildman–Crippen LogP) is 2.54. The summed E-state index contributed by atoms with van der Waals surface area (Å²) in [7, 11) is 2.97. The van der Waals surface area contributed by atoms with Crippen LogP contribution in [0.3, 0.4) is 0 Å². The maximum absolute atomic E-state index is 12.8. The van der Waals surface area contributed by atoms with Crippen LogP contribution in [0.2, 0.25) is 0 Å². The third-order valence-corrected chi connectivity index (χ3v) is 4.87. The van der Waals surface area contributed by atoms with E-state index in [9.17, 15) is 18.0 Å². The number of nitrogens with zero attached hydrogens (tertiary/aromatic N) is 1. The first kappa shape index (κ1) is 16.1. The van der Waals surface area contributed by atoms with Crippen LogP contribution < -0.4 is 10.1 Å². The number of amides is 1. The fourth-order valence-corrected chi connectivity index (χ4v) is 3.64. The van der Waals surface area contributed by atoms with Crippen molar-refractivity contribution in [3.63, 3.8) is 0 Å². The molecule has 0 aromatic heterocycles. The number of fused-ring (bicyclic) bond motifs is 2. The number of likely N-dealkylation sites (N-methyl/N-ethyl adjacent to an activating group) is 1. The third-order valence-electron chi connectivity index (χ3n) is 4.87. The van der Waals surface area contributed by atoms with E-state index in [1.54, 1.807) is 11.9 Å². The van der Waals surface area contributed by atoms with Crippen molar-refractivity contribution in [2.24, 2.45) is 5.92 Å². The van der Waals surface area contributed by atoms with Gasteiger partial charge in [-0.15, -0.1) is 0 Å². The van der Waals surface area contributed by atoms with Crippen molar-refractivity contribution in [2.45, 2.75) is 31.1 Å². The second-order valence-electron chi connectivity index (χ2n) is 6.25. The van der Waals surface area contributed by atoms with E-state index in [-0.39, 0.29) is 29.3 Å². The first-order chi connectivity index (χ1) is 10.8. The molecule has 0 spiro atoms. The molecule has 1 aromatic rings. The highest BCUT2D eigenvalue weighted by Crippen LogP contribution is 2.36. The number of nitrogens with one attached hydrogen (secondary N) is 1. The topological polar surface area (TPSA) is 41.6 Å². The lowest BCUT2D eigenvalue weighted by atomic mass is 10.0.